The van der Waals surface area contributed by atoms with Gasteiger partial charge in [0.2, 0.25) is 5.78 Å². The Balaban J connectivity index is 2.76. The molecule has 2 rings (SSSR count). The SMILES string of the molecule is Cc1ccc2c(c1Cl)C(=O)C=N2. The second-order valence-corrected chi connectivity index (χ2v) is 3.09. The molecule has 3 heteroatoms. The molecular formula is C9H6ClNO. The van der Waals surface area contributed by atoms with Gasteiger partial charge in [-0.15, -0.1) is 0 Å². The van der Waals surface area contributed by atoms with Crippen molar-refractivity contribution in [3.05, 3.63) is 28.3 Å². The first kappa shape index (κ1) is 7.50. The van der Waals surface area contributed by atoms with Gasteiger partial charge in [-0.1, -0.05) is 17.7 Å². The van der Waals surface area contributed by atoms with Crippen molar-refractivity contribution in [1.82, 2.24) is 0 Å². The lowest BCUT2D eigenvalue weighted by Crippen LogP contribution is -1.96. The number of rotatable bonds is 0. The van der Waals surface area contributed by atoms with Crippen molar-refractivity contribution in [3.8, 4) is 0 Å². The average Bonchev–Trinajstić information content (AvgIpc) is 2.41. The smallest absolute Gasteiger partial charge is 0.207 e. The Hall–Kier alpha value is -1.15. The van der Waals surface area contributed by atoms with Crippen LogP contribution in [0.5, 0.6) is 0 Å². The van der Waals surface area contributed by atoms with Crippen molar-refractivity contribution < 1.29 is 4.79 Å². The van der Waals surface area contributed by atoms with Crippen molar-refractivity contribution in [1.29, 1.82) is 0 Å². The van der Waals surface area contributed by atoms with Gasteiger partial charge in [-0.2, -0.15) is 0 Å². The van der Waals surface area contributed by atoms with Crippen molar-refractivity contribution in [2.75, 3.05) is 0 Å². The number of nitrogens with zero attached hydrogens (tertiary/aromatic N) is 1. The normalized spacial score (nSPS) is 13.7. The quantitative estimate of drug-likeness (QED) is 0.602. The van der Waals surface area contributed by atoms with E-state index in [2.05, 4.69) is 4.99 Å². The zero-order valence-electron chi connectivity index (χ0n) is 6.47. The molecule has 0 aliphatic carbocycles. The molecule has 60 valence electrons. The Morgan fingerprint density at radius 2 is 2.17 bits per heavy atom. The van der Waals surface area contributed by atoms with Gasteiger partial charge in [0, 0.05) is 0 Å². The maximum absolute atomic E-state index is 11.2. The van der Waals surface area contributed by atoms with Gasteiger partial charge in [0.15, 0.2) is 0 Å². The van der Waals surface area contributed by atoms with Crippen LogP contribution in [-0.2, 0) is 0 Å². The van der Waals surface area contributed by atoms with E-state index in [1.165, 1.54) is 6.21 Å². The van der Waals surface area contributed by atoms with Crippen LogP contribution >= 0.6 is 11.6 Å². The van der Waals surface area contributed by atoms with Crippen LogP contribution in [0.2, 0.25) is 5.02 Å². The Labute approximate surface area is 74.9 Å². The summed E-state index contributed by atoms with van der Waals surface area (Å²) in [5, 5.41) is 0.523. The summed E-state index contributed by atoms with van der Waals surface area (Å²) in [5.41, 5.74) is 2.13. The number of hydrogen-bond donors (Lipinski definition) is 0. The third-order valence-corrected chi connectivity index (χ3v) is 2.37. The third kappa shape index (κ3) is 0.883. The highest BCUT2D eigenvalue weighted by molar-refractivity contribution is 6.46. The van der Waals surface area contributed by atoms with Gasteiger partial charge in [-0.3, -0.25) is 9.79 Å². The fraction of sp³-hybridized carbons (Fsp3) is 0.111. The third-order valence-electron chi connectivity index (χ3n) is 1.88. The summed E-state index contributed by atoms with van der Waals surface area (Å²) in [6, 6.07) is 3.66. The highest BCUT2D eigenvalue weighted by Gasteiger charge is 2.19. The summed E-state index contributed by atoms with van der Waals surface area (Å²) in [6.07, 6.45) is 1.30. The van der Waals surface area contributed by atoms with Gasteiger partial charge < -0.3 is 0 Å². The first-order chi connectivity index (χ1) is 5.70. The molecule has 1 aliphatic heterocycles. The van der Waals surface area contributed by atoms with Crippen LogP contribution in [0.3, 0.4) is 0 Å². The summed E-state index contributed by atoms with van der Waals surface area (Å²) in [5.74, 6) is -0.0984. The summed E-state index contributed by atoms with van der Waals surface area (Å²) in [4.78, 5) is 15.1. The fourth-order valence-corrected chi connectivity index (χ4v) is 1.46. The summed E-state index contributed by atoms with van der Waals surface area (Å²) in [7, 11) is 0. The Kier molecular flexibility index (Phi) is 1.51. The molecule has 0 amide bonds. The average molecular weight is 180 g/mol. The molecule has 0 aromatic heterocycles. The molecule has 1 heterocycles. The topological polar surface area (TPSA) is 29.4 Å². The van der Waals surface area contributed by atoms with E-state index >= 15 is 0 Å². The molecular weight excluding hydrogens is 174 g/mol. The maximum atomic E-state index is 11.2. The number of ketones is 1. The fourth-order valence-electron chi connectivity index (χ4n) is 1.20. The molecule has 2 nitrogen and oxygen atoms in total. The van der Waals surface area contributed by atoms with E-state index in [0.29, 0.717) is 16.3 Å². The number of aryl methyl sites for hydroxylation is 1. The lowest BCUT2D eigenvalue weighted by Gasteiger charge is -2.01. The zero-order chi connectivity index (χ0) is 8.72. The first-order valence-electron chi connectivity index (χ1n) is 3.57. The number of halogens is 1. The van der Waals surface area contributed by atoms with Gasteiger partial charge in [-0.05, 0) is 18.6 Å². The summed E-state index contributed by atoms with van der Waals surface area (Å²) >= 11 is 5.93. The van der Waals surface area contributed by atoms with Crippen LogP contribution in [0.1, 0.15) is 15.9 Å². The van der Waals surface area contributed by atoms with Gasteiger partial charge in [0.25, 0.3) is 0 Å². The summed E-state index contributed by atoms with van der Waals surface area (Å²) < 4.78 is 0. The second-order valence-electron chi connectivity index (χ2n) is 2.71. The minimum Gasteiger partial charge on any atom is -0.287 e. The molecule has 0 saturated heterocycles. The van der Waals surface area contributed by atoms with Crippen molar-refractivity contribution in [3.63, 3.8) is 0 Å². The number of fused-ring (bicyclic) bond motifs is 1. The predicted octanol–water partition coefficient (Wildman–Crippen LogP) is 2.55. The molecule has 1 aromatic rings. The van der Waals surface area contributed by atoms with Crippen LogP contribution in [-0.4, -0.2) is 12.0 Å². The van der Waals surface area contributed by atoms with E-state index in [1.807, 2.05) is 13.0 Å². The largest absolute Gasteiger partial charge is 0.287 e. The van der Waals surface area contributed by atoms with Crippen molar-refractivity contribution in [2.45, 2.75) is 6.92 Å². The Bertz CT molecular complexity index is 396. The number of benzene rings is 1. The van der Waals surface area contributed by atoms with Crippen LogP contribution in [0.4, 0.5) is 5.69 Å². The van der Waals surface area contributed by atoms with Crippen LogP contribution in [0, 0.1) is 6.92 Å². The van der Waals surface area contributed by atoms with Crippen LogP contribution in [0.15, 0.2) is 17.1 Å². The van der Waals surface area contributed by atoms with Gasteiger partial charge >= 0.3 is 0 Å². The van der Waals surface area contributed by atoms with Gasteiger partial charge in [0.1, 0.15) is 0 Å². The number of carbonyl (C=O) groups excluding carboxylic acids is 1. The Morgan fingerprint density at radius 1 is 1.42 bits per heavy atom. The molecule has 0 radical (unpaired) electrons. The van der Waals surface area contributed by atoms with E-state index in [4.69, 9.17) is 11.6 Å². The maximum Gasteiger partial charge on any atom is 0.207 e. The van der Waals surface area contributed by atoms with E-state index < -0.39 is 0 Å². The number of carbonyl (C=O) groups is 1. The summed E-state index contributed by atoms with van der Waals surface area (Å²) in [6.45, 7) is 1.87. The van der Waals surface area contributed by atoms with Crippen LogP contribution < -0.4 is 0 Å². The van der Waals surface area contributed by atoms with E-state index in [9.17, 15) is 4.79 Å². The predicted molar refractivity (Wildman–Crippen MR) is 48.7 cm³/mol. The van der Waals surface area contributed by atoms with E-state index in [0.717, 1.165) is 5.56 Å². The molecule has 1 aromatic carbocycles. The first-order valence-corrected chi connectivity index (χ1v) is 3.95. The Morgan fingerprint density at radius 3 is 2.92 bits per heavy atom. The lowest BCUT2D eigenvalue weighted by atomic mass is 10.1. The van der Waals surface area contributed by atoms with E-state index in [-0.39, 0.29) is 5.78 Å². The number of aliphatic imine (C=N–C) groups is 1. The molecule has 0 spiro atoms. The van der Waals surface area contributed by atoms with Crippen LogP contribution in [0.25, 0.3) is 0 Å². The number of Topliss-reactive ketones (excluding diaryl/α,β-unsaturated/α-hetero) is 1. The monoisotopic (exact) mass is 179 g/mol. The minimum absolute atomic E-state index is 0.0984. The molecule has 0 N–H and O–H groups in total. The molecule has 0 unspecified atom stereocenters. The highest BCUT2D eigenvalue weighted by atomic mass is 35.5. The van der Waals surface area contributed by atoms with Crippen molar-refractivity contribution >= 4 is 29.3 Å². The highest BCUT2D eigenvalue weighted by Crippen LogP contribution is 2.32. The number of hydrogen-bond acceptors (Lipinski definition) is 2. The van der Waals surface area contributed by atoms with Gasteiger partial charge in [0.05, 0.1) is 22.5 Å². The zero-order valence-corrected chi connectivity index (χ0v) is 7.22. The lowest BCUT2D eigenvalue weighted by molar-refractivity contribution is 0.107. The molecule has 0 bridgehead atoms. The molecule has 0 fully saturated rings. The van der Waals surface area contributed by atoms with Crippen molar-refractivity contribution in [2.24, 2.45) is 4.99 Å². The standard InChI is InChI=1S/C9H6ClNO/c1-5-2-3-6-8(9(5)10)7(12)4-11-6/h2-4H,1H3. The molecule has 1 aliphatic rings. The molecule has 0 saturated carbocycles. The molecule has 0 atom stereocenters. The minimum atomic E-state index is -0.0984. The second kappa shape index (κ2) is 2.42. The van der Waals surface area contributed by atoms with Gasteiger partial charge in [-0.25, -0.2) is 0 Å². The molecule has 12 heavy (non-hydrogen) atoms. The van der Waals surface area contributed by atoms with E-state index in [1.54, 1.807) is 6.07 Å².